The lowest BCUT2D eigenvalue weighted by Gasteiger charge is -2.39. The minimum absolute atomic E-state index is 0.230. The summed E-state index contributed by atoms with van der Waals surface area (Å²) in [6.07, 6.45) is 8.77. The Morgan fingerprint density at radius 2 is 1.24 bits per heavy atom. The van der Waals surface area contributed by atoms with Crippen LogP contribution < -0.4 is 4.90 Å². The number of aliphatic imine (C=N–C) groups is 2. The summed E-state index contributed by atoms with van der Waals surface area (Å²) < 4.78 is 2.53. The number of thiophene rings is 1. The van der Waals surface area contributed by atoms with Gasteiger partial charge in [0.15, 0.2) is 12.0 Å². The van der Waals surface area contributed by atoms with E-state index in [1.807, 2.05) is 11.3 Å². The van der Waals surface area contributed by atoms with E-state index in [9.17, 15) is 0 Å². The summed E-state index contributed by atoms with van der Waals surface area (Å²) >= 11 is 1.82. The van der Waals surface area contributed by atoms with E-state index in [1.54, 1.807) is 0 Å². The Labute approximate surface area is 343 Å². The highest BCUT2D eigenvalue weighted by molar-refractivity contribution is 7.25. The van der Waals surface area contributed by atoms with Crippen molar-refractivity contribution < 1.29 is 0 Å². The number of benzene rings is 7. The predicted molar refractivity (Wildman–Crippen MR) is 245 cm³/mol. The van der Waals surface area contributed by atoms with Crippen molar-refractivity contribution in [1.82, 2.24) is 4.90 Å². The zero-order chi connectivity index (χ0) is 38.8. The molecule has 1 aliphatic carbocycles. The summed E-state index contributed by atoms with van der Waals surface area (Å²) in [4.78, 5) is 15.7. The second-order valence-electron chi connectivity index (χ2n) is 15.6. The van der Waals surface area contributed by atoms with E-state index in [2.05, 4.69) is 218 Å². The third kappa shape index (κ3) is 5.65. The lowest BCUT2D eigenvalue weighted by atomic mass is 9.80. The summed E-state index contributed by atoms with van der Waals surface area (Å²) in [5.41, 5.74) is 11.4. The first-order chi connectivity index (χ1) is 28.5. The van der Waals surface area contributed by atoms with Gasteiger partial charge in [-0.05, 0) is 76.7 Å². The summed E-state index contributed by atoms with van der Waals surface area (Å²) in [6, 6.07) is 61.3. The molecule has 4 nitrogen and oxygen atoms in total. The van der Waals surface area contributed by atoms with Crippen molar-refractivity contribution in [3.63, 3.8) is 0 Å². The summed E-state index contributed by atoms with van der Waals surface area (Å²) in [5.74, 6) is 1.86. The average molecular weight is 765 g/mol. The average Bonchev–Trinajstić information content (AvgIpc) is 3.78. The van der Waals surface area contributed by atoms with Crippen molar-refractivity contribution >= 4 is 54.6 Å². The monoisotopic (exact) mass is 764 g/mol. The van der Waals surface area contributed by atoms with Crippen LogP contribution in [-0.2, 0) is 0 Å². The Morgan fingerprint density at radius 1 is 0.569 bits per heavy atom. The Morgan fingerprint density at radius 3 is 2.07 bits per heavy atom. The molecule has 0 saturated heterocycles. The molecule has 3 aliphatic rings. The number of fused-ring (bicyclic) bond motifs is 6. The lowest BCUT2D eigenvalue weighted by molar-refractivity contribution is 0.383. The van der Waals surface area contributed by atoms with Gasteiger partial charge in [-0.2, -0.15) is 0 Å². The third-order valence-corrected chi connectivity index (χ3v) is 13.3. The molecule has 11 rings (SSSR count). The molecule has 3 heterocycles. The smallest absolute Gasteiger partial charge is 0.159 e. The molecular weight excluding hydrogens is 725 g/mol. The minimum atomic E-state index is -0.298. The van der Waals surface area contributed by atoms with Crippen LogP contribution in [0.15, 0.2) is 204 Å². The number of anilines is 2. The van der Waals surface area contributed by atoms with Gasteiger partial charge in [0.1, 0.15) is 5.84 Å². The molecule has 7 aromatic carbocycles. The molecule has 3 unspecified atom stereocenters. The Hall–Kier alpha value is -6.82. The second kappa shape index (κ2) is 13.7. The maximum atomic E-state index is 5.46. The number of amidine groups is 2. The van der Waals surface area contributed by atoms with E-state index in [0.29, 0.717) is 0 Å². The van der Waals surface area contributed by atoms with E-state index in [1.165, 1.54) is 53.8 Å². The number of rotatable bonds is 6. The molecule has 278 valence electrons. The third-order valence-electron chi connectivity index (χ3n) is 12.1. The van der Waals surface area contributed by atoms with Crippen LogP contribution in [0.4, 0.5) is 11.4 Å². The SMILES string of the molecule is CN1C(c2ccc3c(c2)N(c2ccccc2)C2(C)C=CC=CC32)=NC(c2ccc3c(c2)sc2ccccc23)=NC1c1cccc(-c2ccc(-c3ccccc3)cc2)c1. The fourth-order valence-electron chi connectivity index (χ4n) is 9.21. The molecule has 0 bridgehead atoms. The molecule has 0 amide bonds. The molecule has 2 aliphatic heterocycles. The normalized spacial score (nSPS) is 19.6. The van der Waals surface area contributed by atoms with Gasteiger partial charge in [-0.3, -0.25) is 0 Å². The van der Waals surface area contributed by atoms with Crippen molar-refractivity contribution in [1.29, 1.82) is 0 Å². The van der Waals surface area contributed by atoms with Crippen LogP contribution >= 0.6 is 11.3 Å². The zero-order valence-corrected chi connectivity index (χ0v) is 33.1. The molecule has 1 aromatic heterocycles. The second-order valence-corrected chi connectivity index (χ2v) is 16.7. The Balaban J connectivity index is 1.03. The molecule has 0 fully saturated rings. The van der Waals surface area contributed by atoms with Crippen LogP contribution in [0.25, 0.3) is 42.4 Å². The van der Waals surface area contributed by atoms with Crippen molar-refractivity contribution in [2.24, 2.45) is 9.98 Å². The van der Waals surface area contributed by atoms with Gasteiger partial charge < -0.3 is 9.80 Å². The first-order valence-corrected chi connectivity index (χ1v) is 20.8. The maximum absolute atomic E-state index is 5.46. The van der Waals surface area contributed by atoms with Crippen LogP contribution in [0.1, 0.15) is 41.3 Å². The summed E-state index contributed by atoms with van der Waals surface area (Å²) in [7, 11) is 2.13. The first kappa shape index (κ1) is 34.4. The Kier molecular flexibility index (Phi) is 8.12. The number of hydrogen-bond acceptors (Lipinski definition) is 5. The van der Waals surface area contributed by atoms with Gasteiger partial charge in [-0.25, -0.2) is 9.98 Å². The van der Waals surface area contributed by atoms with Gasteiger partial charge >= 0.3 is 0 Å². The van der Waals surface area contributed by atoms with Gasteiger partial charge in [0, 0.05) is 55.6 Å². The molecular formula is C53H40N4S. The van der Waals surface area contributed by atoms with E-state index in [-0.39, 0.29) is 17.6 Å². The topological polar surface area (TPSA) is 31.2 Å². The van der Waals surface area contributed by atoms with E-state index in [0.717, 1.165) is 33.9 Å². The maximum Gasteiger partial charge on any atom is 0.159 e. The molecule has 8 aromatic rings. The molecule has 58 heavy (non-hydrogen) atoms. The van der Waals surface area contributed by atoms with Crippen LogP contribution in [0.3, 0.4) is 0 Å². The van der Waals surface area contributed by atoms with Crippen LogP contribution in [0, 0.1) is 0 Å². The summed E-state index contributed by atoms with van der Waals surface area (Å²) in [5, 5.41) is 2.55. The van der Waals surface area contributed by atoms with Crippen LogP contribution in [0.5, 0.6) is 0 Å². The van der Waals surface area contributed by atoms with Crippen molar-refractivity contribution in [3.8, 4) is 22.3 Å². The highest BCUT2D eigenvalue weighted by atomic mass is 32.1. The molecule has 3 atom stereocenters. The fraction of sp³-hybridized carbons (Fsp3) is 0.0943. The number of nitrogens with zero attached hydrogens (tertiary/aromatic N) is 4. The van der Waals surface area contributed by atoms with Gasteiger partial charge in [0.05, 0.1) is 5.54 Å². The lowest BCUT2D eigenvalue weighted by Crippen LogP contribution is -2.42. The predicted octanol–water partition coefficient (Wildman–Crippen LogP) is 13.3. The van der Waals surface area contributed by atoms with Crippen molar-refractivity contribution in [2.45, 2.75) is 24.5 Å². The number of allylic oxidation sites excluding steroid dienone is 2. The van der Waals surface area contributed by atoms with Gasteiger partial charge in [0.25, 0.3) is 0 Å². The molecule has 0 spiro atoms. The van der Waals surface area contributed by atoms with Gasteiger partial charge in [-0.15, -0.1) is 11.3 Å². The zero-order valence-electron chi connectivity index (χ0n) is 32.3. The van der Waals surface area contributed by atoms with Crippen LogP contribution in [0.2, 0.25) is 0 Å². The summed E-state index contributed by atoms with van der Waals surface area (Å²) in [6.45, 7) is 2.35. The Bertz CT molecular complexity index is 2990. The molecule has 0 radical (unpaired) electrons. The van der Waals surface area contributed by atoms with Crippen LogP contribution in [-0.4, -0.2) is 29.2 Å². The highest BCUT2D eigenvalue weighted by Gasteiger charge is 2.47. The molecule has 0 N–H and O–H groups in total. The van der Waals surface area contributed by atoms with Gasteiger partial charge in [0.2, 0.25) is 0 Å². The van der Waals surface area contributed by atoms with E-state index < -0.39 is 0 Å². The fourth-order valence-corrected chi connectivity index (χ4v) is 10.4. The van der Waals surface area contributed by atoms with Gasteiger partial charge in [-0.1, -0.05) is 158 Å². The largest absolute Gasteiger partial charge is 0.333 e. The minimum Gasteiger partial charge on any atom is -0.333 e. The number of hydrogen-bond donors (Lipinski definition) is 0. The van der Waals surface area contributed by atoms with E-state index in [4.69, 9.17) is 9.98 Å². The first-order valence-electron chi connectivity index (χ1n) is 19.9. The highest BCUT2D eigenvalue weighted by Crippen LogP contribution is 2.54. The molecule has 0 saturated carbocycles. The van der Waals surface area contributed by atoms with Crippen molar-refractivity contribution in [3.05, 3.63) is 216 Å². The van der Waals surface area contributed by atoms with Crippen molar-refractivity contribution in [2.75, 3.05) is 11.9 Å². The quantitative estimate of drug-likeness (QED) is 0.169. The number of para-hydroxylation sites is 1. The molecule has 5 heteroatoms. The van der Waals surface area contributed by atoms with E-state index >= 15 is 0 Å². The standard InChI is InChI=1S/C53H40N4S/c1-53-31-12-11-21-46(53)45-30-28-41(33-47(45)57(53)42-18-7-4-8-19-42)52-55-50(39-27-29-44-43-20-9-10-22-48(43)58-49(44)34-39)54-51(56(52)2)40-17-13-16-38(32-40)37-25-23-36(24-26-37)35-14-5-3-6-15-35/h3-34,46,51H,1-2H3.